The van der Waals surface area contributed by atoms with Crippen LogP contribution < -0.4 is 16.4 Å². The Hall–Kier alpha value is -3.07. The van der Waals surface area contributed by atoms with E-state index in [0.717, 1.165) is 15.6 Å². The molecule has 1 N–H and O–H groups in total. The summed E-state index contributed by atoms with van der Waals surface area (Å²) in [5.74, 6) is -0.477. The molecule has 140 valence electrons. The number of rotatable bonds is 5. The fourth-order valence-electron chi connectivity index (χ4n) is 2.64. The van der Waals surface area contributed by atoms with Crippen molar-refractivity contribution >= 4 is 17.2 Å². The number of hydrogen-bond acceptors (Lipinski definition) is 6. The molecule has 3 heterocycles. The standard InChI is InChI=1S/C18H19N5O3S/c1-11-16(27-12(2)20-11)14-6-7-15(24)23(21-14)10-8-19-17(25)13-5-4-9-22(3)18(13)26/h4-7,9H,8,10H2,1-3H3,(H,19,25). The van der Waals surface area contributed by atoms with Crippen LogP contribution in [-0.2, 0) is 13.6 Å². The third kappa shape index (κ3) is 4.03. The normalized spacial score (nSPS) is 10.8. The van der Waals surface area contributed by atoms with Gasteiger partial charge in [0.15, 0.2) is 0 Å². The van der Waals surface area contributed by atoms with Gasteiger partial charge in [0.1, 0.15) is 11.3 Å². The number of nitrogens with zero attached hydrogens (tertiary/aromatic N) is 4. The Morgan fingerprint density at radius 1 is 1.22 bits per heavy atom. The van der Waals surface area contributed by atoms with Crippen molar-refractivity contribution in [3.8, 4) is 10.6 Å². The van der Waals surface area contributed by atoms with Gasteiger partial charge in [-0.3, -0.25) is 14.4 Å². The molecule has 3 aromatic heterocycles. The Morgan fingerprint density at radius 2 is 2.00 bits per heavy atom. The molecule has 0 atom stereocenters. The molecule has 0 radical (unpaired) electrons. The molecule has 0 aliphatic heterocycles. The second-order valence-electron chi connectivity index (χ2n) is 6.02. The van der Waals surface area contributed by atoms with Crippen molar-refractivity contribution in [2.45, 2.75) is 20.4 Å². The van der Waals surface area contributed by atoms with Crippen LogP contribution in [0.1, 0.15) is 21.1 Å². The lowest BCUT2D eigenvalue weighted by atomic mass is 10.2. The molecule has 0 spiro atoms. The van der Waals surface area contributed by atoms with Crippen LogP contribution in [0, 0.1) is 13.8 Å². The second-order valence-corrected chi connectivity index (χ2v) is 7.22. The van der Waals surface area contributed by atoms with Crippen molar-refractivity contribution in [1.82, 2.24) is 24.6 Å². The summed E-state index contributed by atoms with van der Waals surface area (Å²) in [6.45, 7) is 4.19. The smallest absolute Gasteiger partial charge is 0.266 e. The number of pyridine rings is 1. The summed E-state index contributed by atoms with van der Waals surface area (Å²) in [7, 11) is 1.58. The molecule has 0 bridgehead atoms. The van der Waals surface area contributed by atoms with Crippen molar-refractivity contribution in [2.75, 3.05) is 6.54 Å². The van der Waals surface area contributed by atoms with Crippen molar-refractivity contribution in [3.05, 3.63) is 67.4 Å². The number of aromatic nitrogens is 4. The number of aryl methyl sites for hydroxylation is 3. The third-order valence-electron chi connectivity index (χ3n) is 3.98. The van der Waals surface area contributed by atoms with E-state index in [1.807, 2.05) is 13.8 Å². The Labute approximate surface area is 159 Å². The second kappa shape index (κ2) is 7.67. The molecule has 0 saturated carbocycles. The van der Waals surface area contributed by atoms with Crippen LogP contribution in [0.15, 0.2) is 40.1 Å². The average molecular weight is 385 g/mol. The van der Waals surface area contributed by atoms with E-state index in [-0.39, 0.29) is 29.8 Å². The fourth-order valence-corrected chi connectivity index (χ4v) is 3.52. The molecule has 1 amide bonds. The largest absolute Gasteiger partial charge is 0.350 e. The van der Waals surface area contributed by atoms with Crippen LogP contribution in [0.2, 0.25) is 0 Å². The van der Waals surface area contributed by atoms with Gasteiger partial charge in [0.25, 0.3) is 17.0 Å². The van der Waals surface area contributed by atoms with Gasteiger partial charge in [0, 0.05) is 25.9 Å². The summed E-state index contributed by atoms with van der Waals surface area (Å²) in [5.41, 5.74) is 0.958. The number of carbonyl (C=O) groups is 1. The van der Waals surface area contributed by atoms with E-state index < -0.39 is 5.91 Å². The quantitative estimate of drug-likeness (QED) is 0.709. The maximum atomic E-state index is 12.2. The van der Waals surface area contributed by atoms with Crippen LogP contribution in [0.4, 0.5) is 0 Å². The lowest BCUT2D eigenvalue weighted by molar-refractivity contribution is 0.0949. The van der Waals surface area contributed by atoms with Crippen LogP contribution in [0.25, 0.3) is 10.6 Å². The Morgan fingerprint density at radius 3 is 2.70 bits per heavy atom. The first-order valence-corrected chi connectivity index (χ1v) is 9.15. The monoisotopic (exact) mass is 385 g/mol. The van der Waals surface area contributed by atoms with E-state index in [1.54, 1.807) is 25.4 Å². The van der Waals surface area contributed by atoms with Crippen LogP contribution in [0.3, 0.4) is 0 Å². The number of hydrogen-bond donors (Lipinski definition) is 1. The van der Waals surface area contributed by atoms with E-state index in [2.05, 4.69) is 15.4 Å². The molecular formula is C18H19N5O3S. The van der Waals surface area contributed by atoms with Gasteiger partial charge in [-0.15, -0.1) is 11.3 Å². The van der Waals surface area contributed by atoms with Crippen LogP contribution in [-0.4, -0.2) is 31.8 Å². The maximum absolute atomic E-state index is 12.2. The highest BCUT2D eigenvalue weighted by atomic mass is 32.1. The predicted octanol–water partition coefficient (Wildman–Crippen LogP) is 1.11. The first-order chi connectivity index (χ1) is 12.9. The van der Waals surface area contributed by atoms with Gasteiger partial charge in [-0.2, -0.15) is 5.10 Å². The number of amides is 1. The van der Waals surface area contributed by atoms with E-state index in [0.29, 0.717) is 5.69 Å². The summed E-state index contributed by atoms with van der Waals surface area (Å²) < 4.78 is 2.64. The van der Waals surface area contributed by atoms with E-state index in [9.17, 15) is 14.4 Å². The first-order valence-electron chi connectivity index (χ1n) is 8.33. The molecule has 0 aliphatic carbocycles. The molecule has 0 fully saturated rings. The summed E-state index contributed by atoms with van der Waals surface area (Å²) in [5, 5.41) is 7.96. The minimum atomic E-state index is -0.477. The van der Waals surface area contributed by atoms with Crippen LogP contribution >= 0.6 is 11.3 Å². The van der Waals surface area contributed by atoms with Gasteiger partial charge >= 0.3 is 0 Å². The van der Waals surface area contributed by atoms with E-state index in [4.69, 9.17) is 0 Å². The number of thiazole rings is 1. The van der Waals surface area contributed by atoms with Crippen molar-refractivity contribution in [3.63, 3.8) is 0 Å². The van der Waals surface area contributed by atoms with Crippen molar-refractivity contribution < 1.29 is 4.79 Å². The average Bonchev–Trinajstić information content (AvgIpc) is 2.97. The SMILES string of the molecule is Cc1nc(C)c(-c2ccc(=O)n(CCNC(=O)c3cccn(C)c3=O)n2)s1. The Bertz CT molecular complexity index is 1110. The minimum absolute atomic E-state index is 0.0600. The molecule has 8 nitrogen and oxygen atoms in total. The molecule has 0 aliphatic rings. The van der Waals surface area contributed by atoms with Crippen molar-refractivity contribution in [1.29, 1.82) is 0 Å². The van der Waals surface area contributed by atoms with Gasteiger partial charge in [0.2, 0.25) is 0 Å². The minimum Gasteiger partial charge on any atom is -0.350 e. The van der Waals surface area contributed by atoms with Gasteiger partial charge in [-0.05, 0) is 32.0 Å². The highest BCUT2D eigenvalue weighted by Gasteiger charge is 2.12. The van der Waals surface area contributed by atoms with E-state index >= 15 is 0 Å². The predicted molar refractivity (Wildman–Crippen MR) is 103 cm³/mol. The molecule has 3 rings (SSSR count). The number of nitrogens with one attached hydrogen (secondary N) is 1. The lowest BCUT2D eigenvalue weighted by Crippen LogP contribution is -2.35. The summed E-state index contributed by atoms with van der Waals surface area (Å²) in [6.07, 6.45) is 1.58. The van der Waals surface area contributed by atoms with Gasteiger partial charge in [-0.1, -0.05) is 0 Å². The molecule has 0 saturated heterocycles. The summed E-state index contributed by atoms with van der Waals surface area (Å²) in [6, 6.07) is 6.22. The topological polar surface area (TPSA) is 98.9 Å². The molecule has 3 aromatic rings. The fraction of sp³-hybridized carbons (Fsp3) is 0.278. The molecule has 0 aromatic carbocycles. The van der Waals surface area contributed by atoms with Crippen molar-refractivity contribution in [2.24, 2.45) is 7.05 Å². The highest BCUT2D eigenvalue weighted by Crippen LogP contribution is 2.27. The Kier molecular flexibility index (Phi) is 5.31. The molecular weight excluding hydrogens is 366 g/mol. The zero-order valence-electron chi connectivity index (χ0n) is 15.2. The first kappa shape index (κ1) is 18.7. The lowest BCUT2D eigenvalue weighted by Gasteiger charge is -2.08. The molecule has 27 heavy (non-hydrogen) atoms. The third-order valence-corrected chi connectivity index (χ3v) is 5.08. The summed E-state index contributed by atoms with van der Waals surface area (Å²) >= 11 is 1.52. The number of carbonyl (C=O) groups excluding carboxylic acids is 1. The zero-order valence-corrected chi connectivity index (χ0v) is 16.0. The van der Waals surface area contributed by atoms with Gasteiger partial charge < -0.3 is 9.88 Å². The molecule has 0 unspecified atom stereocenters. The zero-order chi connectivity index (χ0) is 19.6. The summed E-state index contributed by atoms with van der Waals surface area (Å²) in [4.78, 5) is 41.5. The highest BCUT2D eigenvalue weighted by molar-refractivity contribution is 7.15. The molecule has 9 heteroatoms. The van der Waals surface area contributed by atoms with Gasteiger partial charge in [-0.25, -0.2) is 9.67 Å². The van der Waals surface area contributed by atoms with Gasteiger partial charge in [0.05, 0.1) is 22.1 Å². The van der Waals surface area contributed by atoms with Crippen LogP contribution in [0.5, 0.6) is 0 Å². The Balaban J connectivity index is 1.73. The van der Waals surface area contributed by atoms with E-state index in [1.165, 1.54) is 32.7 Å². The maximum Gasteiger partial charge on any atom is 0.266 e.